The molecule has 5 heteroatoms. The van der Waals surface area contributed by atoms with Crippen LogP contribution in [0.3, 0.4) is 0 Å². The van der Waals surface area contributed by atoms with E-state index in [1.54, 1.807) is 12.1 Å². The summed E-state index contributed by atoms with van der Waals surface area (Å²) in [6, 6.07) is 9.08. The topological polar surface area (TPSA) is 66.5 Å². The van der Waals surface area contributed by atoms with Gasteiger partial charge < -0.3 is 5.32 Å². The van der Waals surface area contributed by atoms with Crippen LogP contribution in [0.2, 0.25) is 0 Å². The summed E-state index contributed by atoms with van der Waals surface area (Å²) in [5, 5.41) is 2.75. The molecule has 4 aliphatic carbocycles. The van der Waals surface area contributed by atoms with Crippen molar-refractivity contribution in [2.75, 3.05) is 11.9 Å². The highest BCUT2D eigenvalue weighted by Gasteiger charge is 2.67. The summed E-state index contributed by atoms with van der Waals surface area (Å²) >= 11 is 0. The second-order valence-electron chi connectivity index (χ2n) is 7.33. The molecular weight excluding hydrogens is 304 g/mol. The molecule has 1 heterocycles. The number of nitrogens with zero attached hydrogens (tertiary/aromatic N) is 1. The van der Waals surface area contributed by atoms with Crippen molar-refractivity contribution >= 4 is 23.4 Å². The van der Waals surface area contributed by atoms with Crippen LogP contribution >= 0.6 is 0 Å². The first-order chi connectivity index (χ1) is 11.6. The number of benzene rings is 1. The van der Waals surface area contributed by atoms with E-state index < -0.39 is 0 Å². The standard InChI is InChI=1S/C19H18N2O3/c22-15(20-10-4-2-1-3-5-10)9-21-18(23)16-11-6-7-12(14-8-13(11)14)17(16)19(21)24/h1-7,11-14,16-17H,8-9H2,(H,20,22)/t11-,12-,13-,14+,16+,17+/m0/s1. The number of hydrogen-bond donors (Lipinski definition) is 1. The Hall–Kier alpha value is -2.43. The Kier molecular flexibility index (Phi) is 2.78. The van der Waals surface area contributed by atoms with Gasteiger partial charge in [-0.1, -0.05) is 30.4 Å². The average molecular weight is 322 g/mol. The van der Waals surface area contributed by atoms with E-state index >= 15 is 0 Å². The molecule has 0 radical (unpaired) electrons. The number of imide groups is 1. The molecular formula is C19H18N2O3. The van der Waals surface area contributed by atoms with Crippen molar-refractivity contribution in [2.45, 2.75) is 6.42 Å². The lowest BCUT2D eigenvalue weighted by atomic mass is 9.63. The Morgan fingerprint density at radius 2 is 1.58 bits per heavy atom. The maximum absolute atomic E-state index is 12.8. The number of amides is 3. The van der Waals surface area contributed by atoms with Crippen molar-refractivity contribution < 1.29 is 14.4 Å². The molecule has 5 aliphatic rings. The van der Waals surface area contributed by atoms with Crippen LogP contribution in [0.5, 0.6) is 0 Å². The maximum Gasteiger partial charge on any atom is 0.244 e. The SMILES string of the molecule is O=C(CN1C(=O)[C@@H]2[C@H]3C=C[C@@H]([C@@H]4C[C@H]34)[C@H]2C1=O)Nc1ccccc1. The normalized spacial score (nSPS) is 38.1. The van der Waals surface area contributed by atoms with Gasteiger partial charge in [0.15, 0.2) is 0 Å². The number of hydrogen-bond acceptors (Lipinski definition) is 3. The molecule has 6 atom stereocenters. The Morgan fingerprint density at radius 1 is 1.00 bits per heavy atom. The molecule has 1 aromatic carbocycles. The highest BCUT2D eigenvalue weighted by molar-refractivity contribution is 6.09. The third kappa shape index (κ3) is 1.84. The van der Waals surface area contributed by atoms with E-state index in [2.05, 4.69) is 17.5 Å². The number of anilines is 1. The number of allylic oxidation sites excluding steroid dienone is 2. The predicted octanol–water partition coefficient (Wildman–Crippen LogP) is 1.68. The number of likely N-dealkylation sites (tertiary alicyclic amines) is 1. The van der Waals surface area contributed by atoms with Crippen molar-refractivity contribution in [1.29, 1.82) is 0 Å². The Balaban J connectivity index is 1.34. The Labute approximate surface area is 139 Å². The molecule has 6 rings (SSSR count). The van der Waals surface area contributed by atoms with Crippen molar-refractivity contribution in [2.24, 2.45) is 35.5 Å². The first-order valence-electron chi connectivity index (χ1n) is 8.53. The highest BCUT2D eigenvalue weighted by Crippen LogP contribution is 2.65. The van der Waals surface area contributed by atoms with E-state index in [4.69, 9.17) is 0 Å². The molecule has 2 saturated carbocycles. The lowest BCUT2D eigenvalue weighted by Crippen LogP contribution is -2.40. The number of carbonyl (C=O) groups excluding carboxylic acids is 3. The van der Waals surface area contributed by atoms with E-state index in [0.29, 0.717) is 17.5 Å². The van der Waals surface area contributed by atoms with Crippen molar-refractivity contribution in [3.63, 3.8) is 0 Å². The van der Waals surface area contributed by atoms with Gasteiger partial charge in [0, 0.05) is 5.69 Å². The fourth-order valence-corrected chi connectivity index (χ4v) is 5.04. The minimum Gasteiger partial charge on any atom is -0.325 e. The smallest absolute Gasteiger partial charge is 0.244 e. The minimum atomic E-state index is -0.327. The van der Waals surface area contributed by atoms with E-state index in [1.165, 1.54) is 4.90 Å². The third-order valence-electron chi connectivity index (χ3n) is 6.11. The van der Waals surface area contributed by atoms with Gasteiger partial charge in [0.1, 0.15) is 6.54 Å². The number of carbonyl (C=O) groups is 3. The summed E-state index contributed by atoms with van der Waals surface area (Å²) in [5.74, 6) is 0.448. The lowest BCUT2D eigenvalue weighted by molar-refractivity contribution is -0.142. The maximum atomic E-state index is 12.8. The lowest BCUT2D eigenvalue weighted by Gasteiger charge is -2.37. The van der Waals surface area contributed by atoms with E-state index in [0.717, 1.165) is 6.42 Å². The van der Waals surface area contributed by atoms with Crippen LogP contribution in [-0.2, 0) is 14.4 Å². The molecule has 1 aliphatic heterocycles. The summed E-state index contributed by atoms with van der Waals surface area (Å²) in [4.78, 5) is 39.0. The van der Waals surface area contributed by atoms with Crippen LogP contribution in [0, 0.1) is 35.5 Å². The molecule has 3 amide bonds. The van der Waals surface area contributed by atoms with Gasteiger partial charge in [0.25, 0.3) is 0 Å². The minimum absolute atomic E-state index is 0.155. The molecule has 1 saturated heterocycles. The molecule has 3 fully saturated rings. The van der Waals surface area contributed by atoms with Crippen LogP contribution < -0.4 is 5.32 Å². The quantitative estimate of drug-likeness (QED) is 0.680. The summed E-state index contributed by atoms with van der Waals surface area (Å²) in [5.41, 5.74) is 0.669. The molecule has 0 unspecified atom stereocenters. The predicted molar refractivity (Wildman–Crippen MR) is 86.5 cm³/mol. The fraction of sp³-hybridized carbons (Fsp3) is 0.421. The summed E-state index contributed by atoms with van der Waals surface area (Å²) < 4.78 is 0. The molecule has 24 heavy (non-hydrogen) atoms. The van der Waals surface area contributed by atoms with Gasteiger partial charge in [-0.3, -0.25) is 19.3 Å². The second kappa shape index (κ2) is 4.79. The van der Waals surface area contributed by atoms with Crippen molar-refractivity contribution in [3.05, 3.63) is 42.5 Å². The summed E-state index contributed by atoms with van der Waals surface area (Å²) in [7, 11) is 0. The van der Waals surface area contributed by atoms with E-state index in [9.17, 15) is 14.4 Å². The second-order valence-corrected chi connectivity index (χ2v) is 7.33. The molecule has 0 aromatic heterocycles. The molecule has 1 N–H and O–H groups in total. The van der Waals surface area contributed by atoms with Crippen molar-refractivity contribution in [1.82, 2.24) is 4.90 Å². The first-order valence-corrected chi connectivity index (χ1v) is 8.53. The summed E-state index contributed by atoms with van der Waals surface area (Å²) in [6.45, 7) is -0.186. The number of nitrogens with one attached hydrogen (secondary N) is 1. The Bertz CT molecular complexity index is 736. The summed E-state index contributed by atoms with van der Waals surface area (Å²) in [6.07, 6.45) is 5.42. The van der Waals surface area contributed by atoms with Gasteiger partial charge >= 0.3 is 0 Å². The van der Waals surface area contributed by atoms with Gasteiger partial charge in [-0.15, -0.1) is 0 Å². The van der Waals surface area contributed by atoms with Crippen LogP contribution in [0.4, 0.5) is 5.69 Å². The zero-order valence-corrected chi connectivity index (χ0v) is 13.1. The third-order valence-corrected chi connectivity index (χ3v) is 6.11. The first kappa shape index (κ1) is 14.0. The van der Waals surface area contributed by atoms with Crippen molar-refractivity contribution in [3.8, 4) is 0 Å². The molecule has 5 nitrogen and oxygen atoms in total. The van der Waals surface area contributed by atoms with Gasteiger partial charge in [0.2, 0.25) is 17.7 Å². The van der Waals surface area contributed by atoms with Gasteiger partial charge in [-0.05, 0) is 42.2 Å². The van der Waals surface area contributed by atoms with Crippen LogP contribution in [-0.4, -0.2) is 29.2 Å². The van der Waals surface area contributed by atoms with Gasteiger partial charge in [0.05, 0.1) is 11.8 Å². The van der Waals surface area contributed by atoms with E-state index in [1.807, 2.05) is 18.2 Å². The molecule has 2 bridgehead atoms. The monoisotopic (exact) mass is 322 g/mol. The van der Waals surface area contributed by atoms with Crippen LogP contribution in [0.1, 0.15) is 6.42 Å². The molecule has 1 aromatic rings. The van der Waals surface area contributed by atoms with Gasteiger partial charge in [-0.25, -0.2) is 0 Å². The van der Waals surface area contributed by atoms with E-state index in [-0.39, 0.29) is 47.9 Å². The van der Waals surface area contributed by atoms with Crippen LogP contribution in [0.15, 0.2) is 42.5 Å². The molecule has 0 spiro atoms. The highest BCUT2D eigenvalue weighted by atomic mass is 16.2. The molecule has 122 valence electrons. The number of rotatable bonds is 3. The largest absolute Gasteiger partial charge is 0.325 e. The zero-order valence-electron chi connectivity index (χ0n) is 13.1. The fourth-order valence-electron chi connectivity index (χ4n) is 5.04. The average Bonchev–Trinajstić information content (AvgIpc) is 3.37. The number of para-hydroxylation sites is 1. The van der Waals surface area contributed by atoms with Gasteiger partial charge in [-0.2, -0.15) is 0 Å². The Morgan fingerprint density at radius 3 is 2.17 bits per heavy atom. The zero-order chi connectivity index (χ0) is 16.4. The van der Waals surface area contributed by atoms with Crippen LogP contribution in [0.25, 0.3) is 0 Å².